The molecule has 0 saturated heterocycles. The van der Waals surface area contributed by atoms with Crippen LogP contribution in [-0.4, -0.2) is 74.7 Å². The van der Waals surface area contributed by atoms with E-state index < -0.39 is 0 Å². The molecule has 0 aliphatic carbocycles. The molecule has 2 aromatic carbocycles. The Kier molecular flexibility index (Phi) is 13.7. The van der Waals surface area contributed by atoms with Gasteiger partial charge in [0.15, 0.2) is 0 Å². The fourth-order valence-corrected chi connectivity index (χ4v) is 4.08. The molecular formula is C25H32Cl4N4. The standard InChI is InChI=1S/C25H32Cl4N4/c1-21(31-20-23-4-8-25(9-5-23)33(16-12-28)17-13-29)18-30-19-22-2-6-24(7-3-22)32(14-10-26)15-11-27/h2-9,19-21H,10-18H2,1H3. The third-order valence-electron chi connectivity index (χ3n) is 5.02. The van der Waals surface area contributed by atoms with E-state index in [0.29, 0.717) is 30.1 Å². The van der Waals surface area contributed by atoms with Gasteiger partial charge in [-0.15, -0.1) is 46.4 Å². The van der Waals surface area contributed by atoms with Crippen molar-refractivity contribution in [3.63, 3.8) is 0 Å². The van der Waals surface area contributed by atoms with Gasteiger partial charge in [-0.05, 0) is 42.3 Å². The summed E-state index contributed by atoms with van der Waals surface area (Å²) >= 11 is 23.6. The van der Waals surface area contributed by atoms with Crippen LogP contribution >= 0.6 is 46.4 Å². The van der Waals surface area contributed by atoms with Gasteiger partial charge in [0.05, 0.1) is 12.6 Å². The quantitative estimate of drug-likeness (QED) is 0.204. The van der Waals surface area contributed by atoms with Gasteiger partial charge in [0.25, 0.3) is 0 Å². The second-order valence-electron chi connectivity index (χ2n) is 7.53. The maximum atomic E-state index is 5.89. The summed E-state index contributed by atoms with van der Waals surface area (Å²) in [5, 5.41) is 0. The van der Waals surface area contributed by atoms with Gasteiger partial charge in [-0.3, -0.25) is 9.98 Å². The number of anilines is 2. The Morgan fingerprint density at radius 2 is 1.06 bits per heavy atom. The van der Waals surface area contributed by atoms with Crippen LogP contribution in [0.1, 0.15) is 18.1 Å². The van der Waals surface area contributed by atoms with Gasteiger partial charge in [-0.25, -0.2) is 0 Å². The molecule has 0 aliphatic heterocycles. The van der Waals surface area contributed by atoms with Crippen LogP contribution in [0.4, 0.5) is 11.4 Å². The average Bonchev–Trinajstić information content (AvgIpc) is 2.83. The largest absolute Gasteiger partial charge is 0.369 e. The first-order chi connectivity index (χ1) is 16.1. The van der Waals surface area contributed by atoms with Crippen molar-refractivity contribution in [2.75, 3.05) is 66.0 Å². The summed E-state index contributed by atoms with van der Waals surface area (Å²) in [5.74, 6) is 2.29. The summed E-state index contributed by atoms with van der Waals surface area (Å²) in [5.41, 5.74) is 4.34. The van der Waals surface area contributed by atoms with Crippen molar-refractivity contribution in [3.8, 4) is 0 Å². The fourth-order valence-electron chi connectivity index (χ4n) is 3.26. The summed E-state index contributed by atoms with van der Waals surface area (Å²) in [6.45, 7) is 5.79. The molecule has 2 aromatic rings. The van der Waals surface area contributed by atoms with Crippen molar-refractivity contribution in [2.45, 2.75) is 13.0 Å². The van der Waals surface area contributed by atoms with E-state index >= 15 is 0 Å². The van der Waals surface area contributed by atoms with Crippen LogP contribution < -0.4 is 9.80 Å². The van der Waals surface area contributed by atoms with E-state index in [4.69, 9.17) is 46.4 Å². The van der Waals surface area contributed by atoms with E-state index in [-0.39, 0.29) is 6.04 Å². The molecule has 180 valence electrons. The van der Waals surface area contributed by atoms with Gasteiger partial charge in [0.1, 0.15) is 0 Å². The molecule has 4 nitrogen and oxygen atoms in total. The Morgan fingerprint density at radius 3 is 1.45 bits per heavy atom. The smallest absolute Gasteiger partial charge is 0.0666 e. The predicted octanol–water partition coefficient (Wildman–Crippen LogP) is 6.18. The Balaban J connectivity index is 1.87. The zero-order valence-corrected chi connectivity index (χ0v) is 22.0. The molecule has 1 unspecified atom stereocenters. The number of aliphatic imine (C=N–C) groups is 2. The van der Waals surface area contributed by atoms with Gasteiger partial charge in [-0.1, -0.05) is 24.3 Å². The minimum Gasteiger partial charge on any atom is -0.369 e. The Labute approximate surface area is 218 Å². The van der Waals surface area contributed by atoms with Crippen LogP contribution in [0.2, 0.25) is 0 Å². The summed E-state index contributed by atoms with van der Waals surface area (Å²) in [6.07, 6.45) is 3.79. The van der Waals surface area contributed by atoms with E-state index in [9.17, 15) is 0 Å². The molecule has 0 spiro atoms. The first kappa shape index (κ1) is 27.8. The molecule has 33 heavy (non-hydrogen) atoms. The summed E-state index contributed by atoms with van der Waals surface area (Å²) in [6, 6.07) is 16.6. The first-order valence-electron chi connectivity index (χ1n) is 11.1. The summed E-state index contributed by atoms with van der Waals surface area (Å²) in [4.78, 5) is 13.5. The van der Waals surface area contributed by atoms with Crippen molar-refractivity contribution in [1.29, 1.82) is 0 Å². The number of alkyl halides is 4. The molecule has 0 aliphatic rings. The number of benzene rings is 2. The van der Waals surface area contributed by atoms with Crippen molar-refractivity contribution in [2.24, 2.45) is 9.98 Å². The van der Waals surface area contributed by atoms with Crippen LogP contribution in [0.3, 0.4) is 0 Å². The van der Waals surface area contributed by atoms with Crippen LogP contribution in [0.15, 0.2) is 58.5 Å². The van der Waals surface area contributed by atoms with Crippen LogP contribution in [0, 0.1) is 0 Å². The first-order valence-corrected chi connectivity index (χ1v) is 13.2. The average molecular weight is 530 g/mol. The van der Waals surface area contributed by atoms with E-state index in [1.807, 2.05) is 12.4 Å². The van der Waals surface area contributed by atoms with Crippen LogP contribution in [0.5, 0.6) is 0 Å². The Bertz CT molecular complexity index is 828. The highest BCUT2D eigenvalue weighted by Gasteiger charge is 2.06. The lowest BCUT2D eigenvalue weighted by Crippen LogP contribution is -2.27. The van der Waals surface area contributed by atoms with Crippen LogP contribution in [-0.2, 0) is 0 Å². The Hall–Kier alpha value is -1.46. The Morgan fingerprint density at radius 1 is 0.667 bits per heavy atom. The summed E-state index contributed by atoms with van der Waals surface area (Å²) in [7, 11) is 0. The van der Waals surface area contributed by atoms with Gasteiger partial charge in [-0.2, -0.15) is 0 Å². The summed E-state index contributed by atoms with van der Waals surface area (Å²) < 4.78 is 0. The lowest BCUT2D eigenvalue weighted by Gasteiger charge is -2.22. The molecule has 1 atom stereocenters. The maximum Gasteiger partial charge on any atom is 0.0666 e. The molecule has 0 radical (unpaired) electrons. The monoisotopic (exact) mass is 528 g/mol. The molecule has 0 heterocycles. The molecule has 0 amide bonds. The zero-order valence-electron chi connectivity index (χ0n) is 19.0. The zero-order chi connectivity index (χ0) is 23.9. The minimum absolute atomic E-state index is 0.0899. The van der Waals surface area contributed by atoms with Gasteiger partial charge in [0.2, 0.25) is 0 Å². The van der Waals surface area contributed by atoms with Crippen LogP contribution in [0.25, 0.3) is 0 Å². The molecule has 0 fully saturated rings. The highest BCUT2D eigenvalue weighted by Crippen LogP contribution is 2.16. The van der Waals surface area contributed by atoms with Crippen molar-refractivity contribution < 1.29 is 0 Å². The molecular weight excluding hydrogens is 498 g/mol. The molecule has 0 N–H and O–H groups in total. The van der Waals surface area contributed by atoms with E-state index in [1.165, 1.54) is 0 Å². The number of rotatable bonds is 15. The third-order valence-corrected chi connectivity index (χ3v) is 5.70. The molecule has 0 bridgehead atoms. The van der Waals surface area contributed by atoms with Crippen molar-refractivity contribution >= 4 is 70.2 Å². The second-order valence-corrected chi connectivity index (χ2v) is 9.05. The van der Waals surface area contributed by atoms with Gasteiger partial charge in [0, 0.05) is 73.5 Å². The molecule has 2 rings (SSSR count). The lowest BCUT2D eigenvalue weighted by atomic mass is 10.2. The molecule has 0 saturated carbocycles. The highest BCUT2D eigenvalue weighted by atomic mass is 35.5. The SMILES string of the molecule is CC(CN=Cc1ccc(N(CCCl)CCCl)cc1)N=Cc1ccc(N(CCCl)CCCl)cc1. The number of hydrogen-bond donors (Lipinski definition) is 0. The molecule has 8 heteroatoms. The second kappa shape index (κ2) is 16.2. The lowest BCUT2D eigenvalue weighted by molar-refractivity contribution is 0.761. The van der Waals surface area contributed by atoms with E-state index in [0.717, 1.165) is 48.7 Å². The highest BCUT2D eigenvalue weighted by molar-refractivity contribution is 6.19. The maximum absolute atomic E-state index is 5.89. The van der Waals surface area contributed by atoms with E-state index in [2.05, 4.69) is 75.2 Å². The fraction of sp³-hybridized carbons (Fsp3) is 0.440. The molecule has 0 aromatic heterocycles. The number of hydrogen-bond acceptors (Lipinski definition) is 4. The number of halogens is 4. The normalized spacial score (nSPS) is 12.5. The topological polar surface area (TPSA) is 31.2 Å². The third kappa shape index (κ3) is 10.1. The van der Waals surface area contributed by atoms with Crippen molar-refractivity contribution in [3.05, 3.63) is 59.7 Å². The number of nitrogens with zero attached hydrogens (tertiary/aromatic N) is 4. The van der Waals surface area contributed by atoms with E-state index in [1.54, 1.807) is 0 Å². The van der Waals surface area contributed by atoms with Gasteiger partial charge >= 0.3 is 0 Å². The van der Waals surface area contributed by atoms with Gasteiger partial charge < -0.3 is 9.80 Å². The minimum atomic E-state index is 0.0899. The predicted molar refractivity (Wildman–Crippen MR) is 150 cm³/mol. The van der Waals surface area contributed by atoms with Crippen molar-refractivity contribution in [1.82, 2.24) is 0 Å².